The van der Waals surface area contributed by atoms with Gasteiger partial charge in [-0.3, -0.25) is 4.79 Å². The van der Waals surface area contributed by atoms with E-state index >= 15 is 0 Å². The van der Waals surface area contributed by atoms with Crippen LogP contribution in [0.1, 0.15) is 12.8 Å². The normalized spacial score (nSPS) is 19.6. The average molecular weight is 243 g/mol. The molecule has 0 radical (unpaired) electrons. The number of nitrogens with zero attached hydrogens (tertiary/aromatic N) is 2. The highest BCUT2D eigenvalue weighted by Gasteiger charge is 2.50. The van der Waals surface area contributed by atoms with E-state index in [0.717, 1.165) is 25.9 Å². The van der Waals surface area contributed by atoms with Crippen LogP contribution in [0, 0.1) is 5.92 Å². The maximum Gasteiger partial charge on any atom is 0.325 e. The van der Waals surface area contributed by atoms with Crippen molar-refractivity contribution >= 4 is 5.97 Å². The maximum absolute atomic E-state index is 11.5. The van der Waals surface area contributed by atoms with E-state index < -0.39 is 11.5 Å². The van der Waals surface area contributed by atoms with Crippen LogP contribution < -0.4 is 5.32 Å². The molecular formula is C12H25N3O2. The number of carboxylic acids is 1. The second-order valence-electron chi connectivity index (χ2n) is 5.34. The molecule has 0 spiro atoms. The molecule has 0 amide bonds. The molecule has 5 heteroatoms. The Morgan fingerprint density at radius 2 is 1.94 bits per heavy atom. The SMILES string of the molecule is CNC(CN(C)CCN(C)C)(C(=O)O)C1CC1. The minimum atomic E-state index is -0.763. The fraction of sp³-hybridized carbons (Fsp3) is 0.917. The van der Waals surface area contributed by atoms with E-state index in [1.165, 1.54) is 0 Å². The lowest BCUT2D eigenvalue weighted by atomic mass is 9.92. The molecule has 100 valence electrons. The third kappa shape index (κ3) is 3.66. The molecule has 1 fully saturated rings. The molecule has 0 aromatic carbocycles. The largest absolute Gasteiger partial charge is 0.480 e. The summed E-state index contributed by atoms with van der Waals surface area (Å²) in [5.74, 6) is -0.439. The monoisotopic (exact) mass is 243 g/mol. The number of rotatable bonds is 8. The Bertz CT molecular complexity index is 266. The Morgan fingerprint density at radius 3 is 2.29 bits per heavy atom. The van der Waals surface area contributed by atoms with E-state index in [0.29, 0.717) is 6.54 Å². The lowest BCUT2D eigenvalue weighted by molar-refractivity contribution is -0.146. The van der Waals surface area contributed by atoms with Gasteiger partial charge in [0, 0.05) is 19.6 Å². The number of nitrogens with one attached hydrogen (secondary N) is 1. The zero-order valence-corrected chi connectivity index (χ0v) is 11.4. The van der Waals surface area contributed by atoms with E-state index in [2.05, 4.69) is 15.1 Å². The molecule has 0 bridgehead atoms. The van der Waals surface area contributed by atoms with E-state index in [9.17, 15) is 9.90 Å². The van der Waals surface area contributed by atoms with Crippen LogP contribution in [0.4, 0.5) is 0 Å². The van der Waals surface area contributed by atoms with E-state index in [4.69, 9.17) is 0 Å². The summed E-state index contributed by atoms with van der Waals surface area (Å²) in [5.41, 5.74) is -0.763. The summed E-state index contributed by atoms with van der Waals surface area (Å²) in [6.45, 7) is 2.40. The van der Waals surface area contributed by atoms with E-state index in [1.54, 1.807) is 7.05 Å². The first-order valence-corrected chi connectivity index (χ1v) is 6.18. The van der Waals surface area contributed by atoms with Crippen molar-refractivity contribution < 1.29 is 9.90 Å². The van der Waals surface area contributed by atoms with Gasteiger partial charge in [0.25, 0.3) is 0 Å². The van der Waals surface area contributed by atoms with Crippen LogP contribution in [-0.4, -0.2) is 74.2 Å². The minimum Gasteiger partial charge on any atom is -0.480 e. The van der Waals surface area contributed by atoms with Gasteiger partial charge in [0.1, 0.15) is 5.54 Å². The first kappa shape index (κ1) is 14.4. The first-order chi connectivity index (χ1) is 7.92. The van der Waals surface area contributed by atoms with E-state index in [1.807, 2.05) is 21.1 Å². The molecule has 1 aliphatic rings. The fourth-order valence-corrected chi connectivity index (χ4v) is 2.21. The molecule has 0 saturated heterocycles. The van der Waals surface area contributed by atoms with Crippen molar-refractivity contribution in [3.8, 4) is 0 Å². The Kier molecular flexibility index (Phi) is 4.91. The van der Waals surface area contributed by atoms with Gasteiger partial charge in [0.05, 0.1) is 0 Å². The lowest BCUT2D eigenvalue weighted by Gasteiger charge is -2.33. The molecule has 0 heterocycles. The van der Waals surface area contributed by atoms with Crippen molar-refractivity contribution in [2.24, 2.45) is 5.92 Å². The number of hydrogen-bond acceptors (Lipinski definition) is 4. The predicted octanol–water partition coefficient (Wildman–Crippen LogP) is -0.0674. The lowest BCUT2D eigenvalue weighted by Crippen LogP contribution is -2.59. The molecule has 0 aromatic heterocycles. The average Bonchev–Trinajstić information content (AvgIpc) is 3.06. The van der Waals surface area contributed by atoms with Gasteiger partial charge in [-0.25, -0.2) is 0 Å². The van der Waals surface area contributed by atoms with Gasteiger partial charge in [0.2, 0.25) is 0 Å². The van der Waals surface area contributed by atoms with Crippen LogP contribution in [0.25, 0.3) is 0 Å². The maximum atomic E-state index is 11.5. The summed E-state index contributed by atoms with van der Waals surface area (Å²) >= 11 is 0. The summed E-state index contributed by atoms with van der Waals surface area (Å²) in [6, 6.07) is 0. The van der Waals surface area contributed by atoms with Crippen molar-refractivity contribution in [2.45, 2.75) is 18.4 Å². The molecular weight excluding hydrogens is 218 g/mol. The van der Waals surface area contributed by atoms with Crippen LogP contribution in [-0.2, 0) is 4.79 Å². The van der Waals surface area contributed by atoms with Gasteiger partial charge in [0.15, 0.2) is 0 Å². The van der Waals surface area contributed by atoms with Crippen LogP contribution in [0.15, 0.2) is 0 Å². The topological polar surface area (TPSA) is 55.8 Å². The first-order valence-electron chi connectivity index (χ1n) is 6.18. The van der Waals surface area contributed by atoms with Crippen molar-refractivity contribution in [2.75, 3.05) is 47.8 Å². The fourth-order valence-electron chi connectivity index (χ4n) is 2.21. The number of likely N-dealkylation sites (N-methyl/N-ethyl adjacent to an activating group) is 3. The van der Waals surface area contributed by atoms with E-state index in [-0.39, 0.29) is 5.92 Å². The van der Waals surface area contributed by atoms with Crippen molar-refractivity contribution in [1.82, 2.24) is 15.1 Å². The number of carbonyl (C=O) groups is 1. The molecule has 1 aliphatic carbocycles. The van der Waals surface area contributed by atoms with Crippen molar-refractivity contribution in [1.29, 1.82) is 0 Å². The Labute approximate surface area is 104 Å². The zero-order valence-electron chi connectivity index (χ0n) is 11.4. The third-order valence-electron chi connectivity index (χ3n) is 3.55. The Hall–Kier alpha value is -0.650. The van der Waals surface area contributed by atoms with Gasteiger partial charge in [-0.15, -0.1) is 0 Å². The Balaban J connectivity index is 2.56. The number of carboxylic acid groups (broad SMARTS) is 1. The molecule has 5 nitrogen and oxygen atoms in total. The highest BCUT2D eigenvalue weighted by molar-refractivity contribution is 5.80. The second kappa shape index (κ2) is 5.80. The van der Waals surface area contributed by atoms with Crippen LogP contribution in [0.5, 0.6) is 0 Å². The molecule has 0 aliphatic heterocycles. The summed E-state index contributed by atoms with van der Waals surface area (Å²) in [5, 5.41) is 12.5. The highest BCUT2D eigenvalue weighted by atomic mass is 16.4. The second-order valence-corrected chi connectivity index (χ2v) is 5.34. The quantitative estimate of drug-likeness (QED) is 0.625. The van der Waals surface area contributed by atoms with Gasteiger partial charge >= 0.3 is 5.97 Å². The number of hydrogen-bond donors (Lipinski definition) is 2. The van der Waals surface area contributed by atoms with Crippen LogP contribution in [0.3, 0.4) is 0 Å². The van der Waals surface area contributed by atoms with Crippen LogP contribution >= 0.6 is 0 Å². The Morgan fingerprint density at radius 1 is 1.35 bits per heavy atom. The minimum absolute atomic E-state index is 0.284. The van der Waals surface area contributed by atoms with Gasteiger partial charge in [-0.1, -0.05) is 0 Å². The van der Waals surface area contributed by atoms with Gasteiger partial charge < -0.3 is 20.2 Å². The molecule has 1 saturated carbocycles. The molecule has 0 aromatic rings. The summed E-state index contributed by atoms with van der Waals surface area (Å²) in [4.78, 5) is 15.7. The van der Waals surface area contributed by atoms with Gasteiger partial charge in [-0.05, 0) is 47.0 Å². The standard InChI is InChI=1S/C12H25N3O2/c1-13-12(11(16)17,10-5-6-10)9-15(4)8-7-14(2)3/h10,13H,5-9H2,1-4H3,(H,16,17). The molecule has 2 N–H and O–H groups in total. The van der Waals surface area contributed by atoms with Crippen molar-refractivity contribution in [3.63, 3.8) is 0 Å². The summed E-state index contributed by atoms with van der Waals surface area (Å²) in [7, 11) is 7.79. The molecule has 17 heavy (non-hydrogen) atoms. The van der Waals surface area contributed by atoms with Crippen molar-refractivity contribution in [3.05, 3.63) is 0 Å². The summed E-state index contributed by atoms with van der Waals surface area (Å²) in [6.07, 6.45) is 2.04. The van der Waals surface area contributed by atoms with Crippen LogP contribution in [0.2, 0.25) is 0 Å². The molecule has 1 unspecified atom stereocenters. The summed E-state index contributed by atoms with van der Waals surface area (Å²) < 4.78 is 0. The zero-order chi connectivity index (χ0) is 13.1. The molecule has 1 atom stereocenters. The highest BCUT2D eigenvalue weighted by Crippen LogP contribution is 2.40. The number of aliphatic carboxylic acids is 1. The van der Waals surface area contributed by atoms with Gasteiger partial charge in [-0.2, -0.15) is 0 Å². The predicted molar refractivity (Wildman–Crippen MR) is 68.2 cm³/mol. The third-order valence-corrected chi connectivity index (χ3v) is 3.55. The smallest absolute Gasteiger partial charge is 0.325 e. The molecule has 1 rings (SSSR count).